The van der Waals surface area contributed by atoms with E-state index in [1.165, 1.54) is 15.2 Å². The molecule has 43 heavy (non-hydrogen) atoms. The highest BCUT2D eigenvalue weighted by Crippen LogP contribution is 2.45. The lowest BCUT2D eigenvalue weighted by Gasteiger charge is -2.57. The van der Waals surface area contributed by atoms with E-state index in [1.807, 2.05) is 83.1 Å². The molecule has 4 heterocycles. The average Bonchev–Trinajstić information content (AvgIpc) is 2.83. The van der Waals surface area contributed by atoms with Crippen molar-refractivity contribution in [2.75, 3.05) is 15.6 Å². The van der Waals surface area contributed by atoms with Crippen molar-refractivity contribution in [1.82, 2.24) is 30.1 Å². The van der Waals surface area contributed by atoms with E-state index in [4.69, 9.17) is 15.8 Å². The van der Waals surface area contributed by atoms with Gasteiger partial charge in [-0.05, 0) is 122 Å². The Bertz CT molecular complexity index is 1070. The number of nitrogens with two attached hydrogens (primary N) is 1. The summed E-state index contributed by atoms with van der Waals surface area (Å²) in [6.45, 7) is 23.7. The highest BCUT2D eigenvalue weighted by molar-refractivity contribution is 5.46. The summed E-state index contributed by atoms with van der Waals surface area (Å²) in [7, 11) is 0. The molecule has 0 amide bonds. The molecule has 4 rings (SSSR count). The minimum Gasteiger partial charge on any atom is -0.351 e. The van der Waals surface area contributed by atoms with Gasteiger partial charge in [0.1, 0.15) is 0 Å². The molecule has 4 N–H and O–H groups in total. The second-order valence-electron chi connectivity index (χ2n) is 17.0. The van der Waals surface area contributed by atoms with E-state index in [9.17, 15) is 15.6 Å². The van der Waals surface area contributed by atoms with Crippen LogP contribution < -0.4 is 21.5 Å². The van der Waals surface area contributed by atoms with Crippen molar-refractivity contribution < 1.29 is 15.6 Å². The van der Waals surface area contributed by atoms with Gasteiger partial charge < -0.3 is 10.2 Å². The lowest BCUT2D eigenvalue weighted by atomic mass is 9.75. The van der Waals surface area contributed by atoms with Crippen LogP contribution in [0, 0.1) is 0 Å². The minimum atomic E-state index is -0.624. The number of rotatable bonds is 6. The molecule has 13 nitrogen and oxygen atoms in total. The maximum Gasteiger partial charge on any atom is 0.243 e. The number of piperidine rings is 3. The van der Waals surface area contributed by atoms with Gasteiger partial charge in [-0.2, -0.15) is 15.0 Å². The first kappa shape index (κ1) is 34.0. The van der Waals surface area contributed by atoms with Crippen molar-refractivity contribution in [3.8, 4) is 0 Å². The molecule has 0 bridgehead atoms. The van der Waals surface area contributed by atoms with Gasteiger partial charge >= 0.3 is 0 Å². The highest BCUT2D eigenvalue weighted by atomic mass is 16.5. The molecule has 0 atom stereocenters. The van der Waals surface area contributed by atoms with Crippen molar-refractivity contribution in [2.45, 2.75) is 173 Å². The highest BCUT2D eigenvalue weighted by Gasteiger charge is 2.53. The largest absolute Gasteiger partial charge is 0.351 e. The molecule has 0 aliphatic carbocycles. The van der Waals surface area contributed by atoms with Gasteiger partial charge in [-0.15, -0.1) is 30.8 Å². The molecule has 0 aromatic carbocycles. The van der Waals surface area contributed by atoms with Gasteiger partial charge in [-0.25, -0.2) is 5.84 Å². The van der Waals surface area contributed by atoms with Crippen LogP contribution in [0.5, 0.6) is 0 Å². The third-order valence-electron chi connectivity index (χ3n) is 9.83. The van der Waals surface area contributed by atoms with Gasteiger partial charge in [0.15, 0.2) is 0 Å². The van der Waals surface area contributed by atoms with Gasteiger partial charge in [0.05, 0.1) is 0 Å². The van der Waals surface area contributed by atoms with E-state index in [0.29, 0.717) is 50.4 Å². The first-order valence-electron chi connectivity index (χ1n) is 15.6. The fraction of sp³-hybridized carbons (Fsp3) is 0.900. The predicted octanol–water partition coefficient (Wildman–Crippen LogP) is 4.48. The Morgan fingerprint density at radius 1 is 0.581 bits per heavy atom. The van der Waals surface area contributed by atoms with E-state index in [0.717, 1.165) is 0 Å². The number of hydrogen-bond donors (Lipinski definition) is 3. The summed E-state index contributed by atoms with van der Waals surface area (Å²) in [4.78, 5) is 16.6. The summed E-state index contributed by atoms with van der Waals surface area (Å²) < 4.78 is 0. The summed E-state index contributed by atoms with van der Waals surface area (Å²) >= 11 is 0. The van der Waals surface area contributed by atoms with Crippen molar-refractivity contribution in [3.05, 3.63) is 0 Å². The molecule has 3 radical (unpaired) electrons. The standard InChI is InChI=1S/C30H55N10O3/c1-25(2)13-19(14-26(3,4)38(25)41)32-22-33-23(36-31)35-24(34-22)37(20-15-27(5,6)39(42)28(7,8)16-20)21-17-29(9,10)40(43)30(11,12)18-21/h19-21H,13-18,31H2,1-12H3,(H2,32,33,34,35,36). The fourth-order valence-electron chi connectivity index (χ4n) is 8.60. The SMILES string of the molecule is CC1(C)CC(Nc2nc(NN)nc(N(C3CC(C)(C)N([O])C(C)(C)C3)C3CC(C)(C)N([O])C(C)(C)C3)n2)CC(C)(C)N1[O]. The lowest BCUT2D eigenvalue weighted by molar-refractivity contribution is -0.294. The van der Waals surface area contributed by atoms with Crippen LogP contribution in [0.3, 0.4) is 0 Å². The molecule has 3 fully saturated rings. The van der Waals surface area contributed by atoms with Crippen LogP contribution in [0.15, 0.2) is 0 Å². The molecule has 0 unspecified atom stereocenters. The van der Waals surface area contributed by atoms with E-state index in [-0.39, 0.29) is 24.1 Å². The zero-order valence-corrected chi connectivity index (χ0v) is 28.4. The van der Waals surface area contributed by atoms with Crippen molar-refractivity contribution in [2.24, 2.45) is 5.84 Å². The molecule has 0 spiro atoms. The van der Waals surface area contributed by atoms with Crippen LogP contribution in [-0.2, 0) is 15.6 Å². The van der Waals surface area contributed by atoms with Gasteiger partial charge in [0.2, 0.25) is 17.8 Å². The average molecular weight is 604 g/mol. The zero-order chi connectivity index (χ0) is 32.6. The first-order valence-corrected chi connectivity index (χ1v) is 15.6. The lowest BCUT2D eigenvalue weighted by Crippen LogP contribution is -2.67. The summed E-state index contributed by atoms with van der Waals surface area (Å²) in [6.07, 6.45) is 3.63. The Morgan fingerprint density at radius 3 is 1.26 bits per heavy atom. The summed E-state index contributed by atoms with van der Waals surface area (Å²) in [5.74, 6) is 6.95. The van der Waals surface area contributed by atoms with E-state index in [1.54, 1.807) is 0 Å². The minimum absolute atomic E-state index is 0.0485. The van der Waals surface area contributed by atoms with Gasteiger partial charge in [0, 0.05) is 51.4 Å². The second kappa shape index (κ2) is 10.9. The van der Waals surface area contributed by atoms with Gasteiger partial charge in [0.25, 0.3) is 0 Å². The molecule has 0 saturated carbocycles. The maximum absolute atomic E-state index is 13.3. The summed E-state index contributed by atoms with van der Waals surface area (Å²) in [6, 6.07) is -0.201. The molecule has 243 valence electrons. The second-order valence-corrected chi connectivity index (χ2v) is 17.0. The van der Waals surface area contributed by atoms with Gasteiger partial charge in [-0.1, -0.05) is 0 Å². The quantitative estimate of drug-likeness (QED) is 0.312. The zero-order valence-electron chi connectivity index (χ0n) is 28.4. The monoisotopic (exact) mass is 603 g/mol. The molecule has 3 aliphatic heterocycles. The van der Waals surface area contributed by atoms with Gasteiger partial charge in [-0.3, -0.25) is 5.43 Å². The van der Waals surface area contributed by atoms with Crippen LogP contribution >= 0.6 is 0 Å². The predicted molar refractivity (Wildman–Crippen MR) is 165 cm³/mol. The van der Waals surface area contributed by atoms with Crippen LogP contribution in [0.1, 0.15) is 122 Å². The number of hydrazine groups is 1. The van der Waals surface area contributed by atoms with E-state index in [2.05, 4.69) is 20.6 Å². The number of nitrogens with one attached hydrogen (secondary N) is 2. The molecule has 1 aromatic rings. The fourth-order valence-corrected chi connectivity index (χ4v) is 8.60. The summed E-state index contributed by atoms with van der Waals surface area (Å²) in [5, 5.41) is 46.8. The van der Waals surface area contributed by atoms with Crippen LogP contribution in [-0.4, -0.2) is 81.5 Å². The molecule has 1 aromatic heterocycles. The molecular formula is C30H55N10O3. The number of nitrogen functional groups attached to an aromatic ring is 1. The molecular weight excluding hydrogens is 548 g/mol. The normalized spacial score (nSPS) is 28.0. The van der Waals surface area contributed by atoms with Crippen LogP contribution in [0.25, 0.3) is 0 Å². The van der Waals surface area contributed by atoms with E-state index >= 15 is 0 Å². The number of hydroxylamine groups is 6. The molecule has 3 saturated heterocycles. The number of anilines is 3. The third kappa shape index (κ3) is 6.58. The van der Waals surface area contributed by atoms with Crippen molar-refractivity contribution in [3.63, 3.8) is 0 Å². The Morgan fingerprint density at radius 2 is 0.907 bits per heavy atom. The molecule has 13 heteroatoms. The Hall–Kier alpha value is -1.87. The smallest absolute Gasteiger partial charge is 0.243 e. The maximum atomic E-state index is 13.3. The Kier molecular flexibility index (Phi) is 8.61. The van der Waals surface area contributed by atoms with Crippen molar-refractivity contribution in [1.29, 1.82) is 0 Å². The number of aromatic nitrogens is 3. The number of hydrogen-bond acceptors (Lipinski definition) is 10. The topological polar surface area (TPSA) is 161 Å². The Labute approximate surface area is 258 Å². The Balaban J connectivity index is 1.79. The summed E-state index contributed by atoms with van der Waals surface area (Å²) in [5.41, 5.74) is -1.01. The first-order chi connectivity index (χ1) is 19.4. The molecule has 3 aliphatic rings. The van der Waals surface area contributed by atoms with Crippen LogP contribution in [0.4, 0.5) is 17.8 Å². The third-order valence-corrected chi connectivity index (χ3v) is 9.83. The van der Waals surface area contributed by atoms with Crippen molar-refractivity contribution >= 4 is 17.8 Å². The van der Waals surface area contributed by atoms with E-state index < -0.39 is 33.2 Å². The number of nitrogens with zero attached hydrogens (tertiary/aromatic N) is 7. The van der Waals surface area contributed by atoms with Crippen LogP contribution in [0.2, 0.25) is 0 Å².